The number of esters is 1. The van der Waals surface area contributed by atoms with E-state index in [9.17, 15) is 4.79 Å². The zero-order valence-electron chi connectivity index (χ0n) is 12.9. The largest absolute Gasteiger partial charge is 0.498 e. The van der Waals surface area contributed by atoms with Gasteiger partial charge in [-0.2, -0.15) is 5.10 Å². The molecule has 1 aliphatic rings. The summed E-state index contributed by atoms with van der Waals surface area (Å²) in [4.78, 5) is 11.3. The molecule has 1 aliphatic heterocycles. The van der Waals surface area contributed by atoms with Crippen LogP contribution in [0, 0.1) is 6.92 Å². The van der Waals surface area contributed by atoms with Gasteiger partial charge in [0.15, 0.2) is 0 Å². The minimum Gasteiger partial charge on any atom is -0.468 e. The molecule has 6 nitrogen and oxygen atoms in total. The van der Waals surface area contributed by atoms with Crippen molar-refractivity contribution in [2.24, 2.45) is 0 Å². The molecule has 7 heteroatoms. The minimum absolute atomic E-state index is 0.0852. The first-order chi connectivity index (χ1) is 9.18. The third-order valence-corrected chi connectivity index (χ3v) is 4.15. The SMILES string of the molecule is COC(=O)Cn1ncc(B2OC(C)(C)C(C)(C)O2)c1C. The van der Waals surface area contributed by atoms with E-state index in [0.717, 1.165) is 11.2 Å². The first-order valence-electron chi connectivity index (χ1n) is 6.63. The van der Waals surface area contributed by atoms with Crippen LogP contribution in [0.25, 0.3) is 0 Å². The van der Waals surface area contributed by atoms with Crippen LogP contribution in [0.4, 0.5) is 0 Å². The third kappa shape index (κ3) is 2.47. The summed E-state index contributed by atoms with van der Waals surface area (Å²) < 4.78 is 18.2. The average molecular weight is 280 g/mol. The summed E-state index contributed by atoms with van der Waals surface area (Å²) in [6.07, 6.45) is 1.68. The molecule has 110 valence electrons. The zero-order valence-corrected chi connectivity index (χ0v) is 12.9. The Morgan fingerprint density at radius 2 is 1.90 bits per heavy atom. The highest BCUT2D eigenvalue weighted by atomic mass is 16.7. The number of hydrogen-bond acceptors (Lipinski definition) is 5. The van der Waals surface area contributed by atoms with Crippen LogP contribution in [0.15, 0.2) is 6.20 Å². The fourth-order valence-corrected chi connectivity index (χ4v) is 2.01. The molecular weight excluding hydrogens is 259 g/mol. The lowest BCUT2D eigenvalue weighted by Crippen LogP contribution is -2.41. The van der Waals surface area contributed by atoms with Crippen molar-refractivity contribution < 1.29 is 18.8 Å². The van der Waals surface area contributed by atoms with Gasteiger partial charge >= 0.3 is 13.1 Å². The monoisotopic (exact) mass is 280 g/mol. The van der Waals surface area contributed by atoms with Crippen LogP contribution >= 0.6 is 0 Å². The number of aromatic nitrogens is 2. The molecule has 1 aromatic rings. The number of nitrogens with zero attached hydrogens (tertiary/aromatic N) is 2. The van der Waals surface area contributed by atoms with Gasteiger partial charge in [-0.3, -0.25) is 9.48 Å². The van der Waals surface area contributed by atoms with E-state index < -0.39 is 18.3 Å². The fourth-order valence-electron chi connectivity index (χ4n) is 2.01. The van der Waals surface area contributed by atoms with Gasteiger partial charge in [-0.15, -0.1) is 0 Å². The number of methoxy groups -OCH3 is 1. The topological polar surface area (TPSA) is 62.6 Å². The van der Waals surface area contributed by atoms with Crippen molar-refractivity contribution in [1.29, 1.82) is 0 Å². The number of hydrogen-bond donors (Lipinski definition) is 0. The number of carbonyl (C=O) groups is 1. The van der Waals surface area contributed by atoms with E-state index >= 15 is 0 Å². The van der Waals surface area contributed by atoms with Crippen molar-refractivity contribution in [3.63, 3.8) is 0 Å². The van der Waals surface area contributed by atoms with E-state index in [1.165, 1.54) is 7.11 Å². The maximum Gasteiger partial charge on any atom is 0.498 e. The summed E-state index contributed by atoms with van der Waals surface area (Å²) in [5.41, 5.74) is 0.893. The predicted molar refractivity (Wildman–Crippen MR) is 74.7 cm³/mol. The second-order valence-electron chi connectivity index (χ2n) is 6.01. The molecule has 0 aliphatic carbocycles. The van der Waals surface area contributed by atoms with E-state index in [4.69, 9.17) is 9.31 Å². The van der Waals surface area contributed by atoms with Gasteiger partial charge in [-0.1, -0.05) is 0 Å². The molecule has 0 unspecified atom stereocenters. The summed E-state index contributed by atoms with van der Waals surface area (Å²) in [5, 5.41) is 4.20. The number of carbonyl (C=O) groups excluding carboxylic acids is 1. The lowest BCUT2D eigenvalue weighted by atomic mass is 9.79. The zero-order chi connectivity index (χ0) is 15.1. The molecule has 0 saturated carbocycles. The molecule has 0 spiro atoms. The van der Waals surface area contributed by atoms with Crippen LogP contribution in [0.3, 0.4) is 0 Å². The second kappa shape index (κ2) is 4.89. The number of rotatable bonds is 3. The lowest BCUT2D eigenvalue weighted by Gasteiger charge is -2.32. The first kappa shape index (κ1) is 15.1. The van der Waals surface area contributed by atoms with Crippen molar-refractivity contribution >= 4 is 18.6 Å². The first-order valence-corrected chi connectivity index (χ1v) is 6.63. The average Bonchev–Trinajstić information content (AvgIpc) is 2.78. The highest BCUT2D eigenvalue weighted by molar-refractivity contribution is 6.62. The van der Waals surface area contributed by atoms with Crippen molar-refractivity contribution in [1.82, 2.24) is 9.78 Å². The quantitative estimate of drug-likeness (QED) is 0.601. The Bertz CT molecular complexity index is 508. The van der Waals surface area contributed by atoms with Gasteiger partial charge < -0.3 is 14.0 Å². The summed E-state index contributed by atoms with van der Waals surface area (Å²) >= 11 is 0. The predicted octanol–water partition coefficient (Wildman–Crippen LogP) is 0.664. The number of ether oxygens (including phenoxy) is 1. The highest BCUT2D eigenvalue weighted by Crippen LogP contribution is 2.36. The van der Waals surface area contributed by atoms with Crippen LogP contribution in [0.1, 0.15) is 33.4 Å². The Morgan fingerprint density at radius 3 is 2.40 bits per heavy atom. The molecular formula is C13H21BN2O4. The van der Waals surface area contributed by atoms with Crippen molar-refractivity contribution in [3.05, 3.63) is 11.9 Å². The van der Waals surface area contributed by atoms with Gasteiger partial charge in [-0.05, 0) is 34.6 Å². The van der Waals surface area contributed by atoms with Gasteiger partial charge in [0.05, 0.1) is 18.3 Å². The highest BCUT2D eigenvalue weighted by Gasteiger charge is 2.52. The van der Waals surface area contributed by atoms with E-state index in [2.05, 4.69) is 9.84 Å². The Morgan fingerprint density at radius 1 is 1.35 bits per heavy atom. The van der Waals surface area contributed by atoms with Crippen LogP contribution in [0.2, 0.25) is 0 Å². The summed E-state index contributed by atoms with van der Waals surface area (Å²) in [6.45, 7) is 9.98. The molecule has 1 aromatic heterocycles. The van der Waals surface area contributed by atoms with E-state index in [1.54, 1.807) is 10.9 Å². The van der Waals surface area contributed by atoms with Crippen LogP contribution in [-0.2, 0) is 25.4 Å². The smallest absolute Gasteiger partial charge is 0.468 e. The summed E-state index contributed by atoms with van der Waals surface area (Å²) in [6, 6.07) is 0. The van der Waals surface area contributed by atoms with Gasteiger partial charge in [-0.25, -0.2) is 0 Å². The van der Waals surface area contributed by atoms with Gasteiger partial charge in [0.1, 0.15) is 6.54 Å². The minimum atomic E-state index is -0.466. The van der Waals surface area contributed by atoms with E-state index in [0.29, 0.717) is 0 Å². The molecule has 0 aromatic carbocycles. The Kier molecular flexibility index (Phi) is 3.68. The molecule has 2 heterocycles. The van der Waals surface area contributed by atoms with Crippen molar-refractivity contribution in [2.45, 2.75) is 52.4 Å². The molecule has 2 rings (SSSR count). The second-order valence-corrected chi connectivity index (χ2v) is 6.01. The lowest BCUT2D eigenvalue weighted by molar-refractivity contribution is -0.141. The molecule has 0 amide bonds. The van der Waals surface area contributed by atoms with Crippen LogP contribution in [0.5, 0.6) is 0 Å². The molecule has 0 N–H and O–H groups in total. The van der Waals surface area contributed by atoms with Crippen LogP contribution < -0.4 is 5.46 Å². The summed E-state index contributed by atoms with van der Waals surface area (Å²) in [7, 11) is 0.891. The standard InChI is InChI=1S/C13H21BN2O4/c1-9-10(7-15-16(9)8-11(17)18-6)14-19-12(2,3)13(4,5)20-14/h7H,8H2,1-6H3. The Labute approximate surface area is 119 Å². The fraction of sp³-hybridized carbons (Fsp3) is 0.692. The summed E-state index contributed by atoms with van der Waals surface area (Å²) in [5.74, 6) is -0.336. The van der Waals surface area contributed by atoms with Gasteiger partial charge in [0, 0.05) is 17.4 Å². The maximum absolute atomic E-state index is 11.3. The van der Waals surface area contributed by atoms with E-state index in [1.807, 2.05) is 34.6 Å². The van der Waals surface area contributed by atoms with Gasteiger partial charge in [0.25, 0.3) is 0 Å². The van der Waals surface area contributed by atoms with Gasteiger partial charge in [0.2, 0.25) is 0 Å². The Balaban J connectivity index is 2.22. The molecule has 20 heavy (non-hydrogen) atoms. The Hall–Kier alpha value is -1.34. The van der Waals surface area contributed by atoms with Crippen LogP contribution in [-0.4, -0.2) is 41.2 Å². The molecule has 0 bridgehead atoms. The van der Waals surface area contributed by atoms with Crippen molar-refractivity contribution in [3.8, 4) is 0 Å². The normalized spacial score (nSPS) is 20.2. The van der Waals surface area contributed by atoms with E-state index in [-0.39, 0.29) is 12.5 Å². The molecule has 0 atom stereocenters. The molecule has 1 saturated heterocycles. The third-order valence-electron chi connectivity index (χ3n) is 4.15. The molecule has 1 fully saturated rings. The van der Waals surface area contributed by atoms with Crippen molar-refractivity contribution in [2.75, 3.05) is 7.11 Å². The maximum atomic E-state index is 11.3. The molecule has 0 radical (unpaired) electrons.